The monoisotopic (exact) mass is 959 g/mol. The van der Waals surface area contributed by atoms with E-state index in [2.05, 4.69) is 156 Å². The van der Waals surface area contributed by atoms with Gasteiger partial charge in [0.15, 0.2) is 0 Å². The minimum absolute atomic E-state index is 0. The number of nitrogens with zero attached hydrogens (tertiary/aromatic N) is 5. The average molecular weight is 962 g/mol. The maximum absolute atomic E-state index is 4.84. The van der Waals surface area contributed by atoms with Gasteiger partial charge in [-0.25, -0.2) is 4.98 Å². The Kier molecular flexibility index (Phi) is 27.2. The number of rotatable bonds is 11. The van der Waals surface area contributed by atoms with Gasteiger partial charge in [0.1, 0.15) is 0 Å². The number of hydrogen-bond acceptors (Lipinski definition) is 5. The quantitative estimate of drug-likeness (QED) is 0.0739. The van der Waals surface area contributed by atoms with Gasteiger partial charge >= 0.3 is 49.8 Å². The van der Waals surface area contributed by atoms with Crippen molar-refractivity contribution < 1.29 is 29.6 Å². The van der Waals surface area contributed by atoms with Gasteiger partial charge in [-0.2, -0.15) is 0 Å². The van der Waals surface area contributed by atoms with Crippen LogP contribution in [0.5, 0.6) is 0 Å². The van der Waals surface area contributed by atoms with Crippen molar-refractivity contribution >= 4 is 66.8 Å². The number of pyridine rings is 1. The Morgan fingerprint density at radius 1 is 0.516 bits per heavy atom. The van der Waals surface area contributed by atoms with Crippen LogP contribution in [-0.4, -0.2) is 28.8 Å². The Morgan fingerprint density at radius 2 is 0.806 bits per heavy atom. The molecule has 0 amide bonds. The zero-order chi connectivity index (χ0) is 43.8. The molecule has 0 radical (unpaired) electrons. The van der Waals surface area contributed by atoms with Gasteiger partial charge in [0.25, 0.3) is 0 Å². The maximum Gasteiger partial charge on any atom is 2.00 e. The summed E-state index contributed by atoms with van der Waals surface area (Å²) in [5.74, 6) is 1.77. The molecular formula is C53H69Cl2FeN5Ni. The smallest absolute Gasteiger partial charge is 2.00 e. The molecule has 0 spiro atoms. The number of aromatic nitrogens is 1. The number of hydrogen-bond donors (Lipinski definition) is 0. The number of para-hydroxylation sites is 2. The molecule has 9 heteroatoms. The van der Waals surface area contributed by atoms with E-state index in [0.717, 1.165) is 45.6 Å². The Bertz CT molecular complexity index is 2070. The summed E-state index contributed by atoms with van der Waals surface area (Å²) in [5.41, 5.74) is 17.7. The van der Waals surface area contributed by atoms with Crippen LogP contribution in [0.3, 0.4) is 0 Å². The second-order valence-corrected chi connectivity index (χ2v) is 18.0. The topological polar surface area (TPSA) is 62.3 Å². The Morgan fingerprint density at radius 3 is 1.08 bits per heavy atom. The Hall–Kier alpha value is -3.70. The molecule has 0 aliphatic carbocycles. The van der Waals surface area contributed by atoms with Crippen molar-refractivity contribution in [3.8, 4) is 0 Å². The van der Waals surface area contributed by atoms with Gasteiger partial charge in [0, 0.05) is 12.4 Å². The van der Waals surface area contributed by atoms with Crippen molar-refractivity contribution in [3.05, 3.63) is 162 Å². The van der Waals surface area contributed by atoms with E-state index in [4.69, 9.17) is 45.1 Å². The average Bonchev–Trinajstić information content (AvgIpc) is 3.18. The van der Waals surface area contributed by atoms with Crippen molar-refractivity contribution in [2.24, 2.45) is 20.0 Å². The van der Waals surface area contributed by atoms with Crippen LogP contribution < -0.4 is 0 Å². The Balaban J connectivity index is 0.00000108. The first kappa shape index (κ1) is 58.3. The molecule has 1 heterocycles. The van der Waals surface area contributed by atoms with E-state index in [1.54, 1.807) is 0 Å². The molecule has 0 aliphatic heterocycles. The second-order valence-electron chi connectivity index (χ2n) is 16.2. The van der Waals surface area contributed by atoms with E-state index in [1.165, 1.54) is 44.5 Å². The standard InChI is InChI=1S/C26H36N2.C25H27N3.2CH3.2ClH.Fe.Ni/c1-17(2)21-11-9-12-22(18(3)4)25(21)27-15-16-28-26-23(19(5)6)13-10-14-24(26)20(7)8;1-16-10-12-22(18(3)14-16)26-20(5)24-8-7-9-25(28-24)21(6)27-23-13-11-17(2)15-19(23)4;;;;;;/h9-20H,1-8H3;7-15H,1-6H3;2*1H3;2*1H;;/q;;2*-1;;;2*+2/p-2. The van der Waals surface area contributed by atoms with Gasteiger partial charge in [-0.3, -0.25) is 20.0 Å². The molecule has 4 aromatic carbocycles. The van der Waals surface area contributed by atoms with E-state index in [0.29, 0.717) is 23.7 Å². The first-order valence-electron chi connectivity index (χ1n) is 20.4. The molecule has 0 N–H and O–H groups in total. The fourth-order valence-electron chi connectivity index (χ4n) is 6.71. The van der Waals surface area contributed by atoms with Crippen LogP contribution in [0.15, 0.2) is 111 Å². The summed E-state index contributed by atoms with van der Waals surface area (Å²) in [6, 6.07) is 31.6. The van der Waals surface area contributed by atoms with Crippen molar-refractivity contribution in [1.29, 1.82) is 0 Å². The minimum Gasteiger partial charge on any atom is 2.00 e. The third-order valence-corrected chi connectivity index (χ3v) is 9.93. The molecule has 62 heavy (non-hydrogen) atoms. The van der Waals surface area contributed by atoms with E-state index in [-0.39, 0.29) is 44.5 Å². The first-order chi connectivity index (χ1) is 28.0. The third-order valence-electron chi connectivity index (χ3n) is 9.93. The summed E-state index contributed by atoms with van der Waals surface area (Å²) >= 11 is 0.194. The van der Waals surface area contributed by atoms with E-state index in [1.807, 2.05) is 44.5 Å². The van der Waals surface area contributed by atoms with Gasteiger partial charge in [-0.05, 0) is 123 Å². The molecule has 0 atom stereocenters. The fourth-order valence-corrected chi connectivity index (χ4v) is 6.71. The second kappa shape index (κ2) is 28.9. The summed E-state index contributed by atoms with van der Waals surface area (Å²) in [7, 11) is 9.53. The molecule has 0 saturated heterocycles. The maximum atomic E-state index is 4.84. The molecule has 5 aromatic rings. The zero-order valence-electron chi connectivity index (χ0n) is 39.8. The van der Waals surface area contributed by atoms with Crippen LogP contribution in [0, 0.1) is 42.5 Å². The van der Waals surface area contributed by atoms with Crippen LogP contribution in [0.2, 0.25) is 0 Å². The van der Waals surface area contributed by atoms with Crippen molar-refractivity contribution in [1.82, 2.24) is 4.98 Å². The SMILES string of the molecule is CC(=Nc1ccc(C)cc1C)c1cccc(C(C)=Nc2ccc(C)cc2C)n1.CC(C)c1cccc(C(C)C)c1N=CC=Nc1c(C(C)C)cccc1C(C)C.[CH3-].[CH3-].[Cl][Fe][Cl].[Ni+2]. The van der Waals surface area contributed by atoms with Gasteiger partial charge in [0.05, 0.1) is 45.6 Å². The summed E-state index contributed by atoms with van der Waals surface area (Å²) < 4.78 is 0. The summed E-state index contributed by atoms with van der Waals surface area (Å²) in [5, 5.41) is 0. The van der Waals surface area contributed by atoms with Gasteiger partial charge in [0.2, 0.25) is 0 Å². The predicted molar refractivity (Wildman–Crippen MR) is 270 cm³/mol. The Labute approximate surface area is 401 Å². The number of halogens is 2. The van der Waals surface area contributed by atoms with E-state index >= 15 is 0 Å². The number of benzene rings is 4. The summed E-state index contributed by atoms with van der Waals surface area (Å²) in [4.78, 5) is 24.1. The van der Waals surface area contributed by atoms with Crippen LogP contribution in [0.25, 0.3) is 0 Å². The predicted octanol–water partition coefficient (Wildman–Crippen LogP) is 17.2. The summed E-state index contributed by atoms with van der Waals surface area (Å²) in [6.45, 7) is 30.1. The normalized spacial score (nSPS) is 11.6. The molecule has 1 aromatic heterocycles. The first-order valence-corrected chi connectivity index (χ1v) is 23.4. The molecule has 0 bridgehead atoms. The minimum atomic E-state index is 0. The number of aryl methyl sites for hydroxylation is 4. The van der Waals surface area contributed by atoms with Crippen LogP contribution in [-0.2, 0) is 29.6 Å². The molecule has 5 rings (SSSR count). The molecule has 5 nitrogen and oxygen atoms in total. The van der Waals surface area contributed by atoms with E-state index in [9.17, 15) is 0 Å². The molecule has 0 saturated carbocycles. The van der Waals surface area contributed by atoms with Crippen LogP contribution in [0.1, 0.15) is 149 Å². The molecule has 0 aliphatic rings. The third kappa shape index (κ3) is 17.5. The van der Waals surface area contributed by atoms with E-state index < -0.39 is 0 Å². The number of aliphatic imine (C=N–C) groups is 4. The van der Waals surface area contributed by atoms with Crippen molar-refractivity contribution in [3.63, 3.8) is 0 Å². The van der Waals surface area contributed by atoms with Crippen molar-refractivity contribution in [2.75, 3.05) is 0 Å². The summed E-state index contributed by atoms with van der Waals surface area (Å²) in [6.07, 6.45) is 3.71. The molecule has 0 fully saturated rings. The molecule has 0 unspecified atom stereocenters. The zero-order valence-corrected chi connectivity index (χ0v) is 43.4. The van der Waals surface area contributed by atoms with Crippen molar-refractivity contribution in [2.45, 2.75) is 121 Å². The van der Waals surface area contributed by atoms with Crippen LogP contribution in [0.4, 0.5) is 22.7 Å². The van der Waals surface area contributed by atoms with Gasteiger partial charge in [-0.1, -0.05) is 133 Å². The largest absolute Gasteiger partial charge is 2.00 e. The molecular weight excluding hydrogens is 892 g/mol. The fraction of sp³-hybridized carbons (Fsp3) is 0.340. The molecule has 338 valence electrons. The van der Waals surface area contributed by atoms with Gasteiger partial charge < -0.3 is 14.9 Å². The van der Waals surface area contributed by atoms with Gasteiger partial charge in [-0.15, -0.1) is 0 Å². The van der Waals surface area contributed by atoms with Crippen LogP contribution >= 0.6 is 20.2 Å².